The second-order valence-electron chi connectivity index (χ2n) is 7.35. The lowest BCUT2D eigenvalue weighted by Crippen LogP contribution is -2.52. The van der Waals surface area contributed by atoms with Gasteiger partial charge in [0.1, 0.15) is 0 Å². The van der Waals surface area contributed by atoms with Crippen molar-refractivity contribution in [2.75, 3.05) is 13.1 Å². The molecule has 3 nitrogen and oxygen atoms in total. The van der Waals surface area contributed by atoms with Gasteiger partial charge in [-0.3, -0.25) is 4.79 Å². The minimum Gasteiger partial charge on any atom is -0.341 e. The molecule has 1 amide bonds. The van der Waals surface area contributed by atoms with E-state index in [1.807, 2.05) is 4.90 Å². The van der Waals surface area contributed by atoms with E-state index in [2.05, 4.69) is 33.0 Å². The Bertz CT molecular complexity index is 323. The highest BCUT2D eigenvalue weighted by Crippen LogP contribution is 2.33. The number of nitrogens with zero attached hydrogens (tertiary/aromatic N) is 1. The third-order valence-corrected chi connectivity index (χ3v) is 5.27. The molecule has 1 N–H and O–H groups in total. The second-order valence-corrected chi connectivity index (χ2v) is 7.35. The Morgan fingerprint density at radius 2 is 1.80 bits per heavy atom. The molecule has 1 saturated carbocycles. The molecule has 4 atom stereocenters. The third-order valence-electron chi connectivity index (χ3n) is 5.27. The Balaban J connectivity index is 1.92. The molecular formula is C17H32N2O. The molecular weight excluding hydrogens is 248 g/mol. The standard InChI is InChI=1S/C17H32N2O/c1-12(2)15-8-7-13(3)11-16(15)18-14(4)17(20)19-9-5-6-10-19/h12-16,18H,5-11H2,1-4H3. The normalized spacial score (nSPS) is 32.6. The van der Waals surface area contributed by atoms with E-state index in [1.54, 1.807) is 0 Å². The molecule has 0 spiro atoms. The lowest BCUT2D eigenvalue weighted by molar-refractivity contribution is -0.132. The number of nitrogens with one attached hydrogen (secondary N) is 1. The predicted octanol–water partition coefficient (Wildman–Crippen LogP) is 3.05. The highest BCUT2D eigenvalue weighted by Gasteiger charge is 2.33. The van der Waals surface area contributed by atoms with Gasteiger partial charge in [-0.25, -0.2) is 0 Å². The van der Waals surface area contributed by atoms with E-state index in [9.17, 15) is 4.79 Å². The second kappa shape index (κ2) is 6.93. The van der Waals surface area contributed by atoms with Crippen molar-refractivity contribution < 1.29 is 4.79 Å². The number of carbonyl (C=O) groups excluding carboxylic acids is 1. The van der Waals surface area contributed by atoms with Crippen LogP contribution in [0.3, 0.4) is 0 Å². The molecule has 0 aromatic carbocycles. The molecule has 1 aliphatic heterocycles. The molecule has 2 rings (SSSR count). The van der Waals surface area contributed by atoms with E-state index in [-0.39, 0.29) is 6.04 Å². The summed E-state index contributed by atoms with van der Waals surface area (Å²) in [5.74, 6) is 2.52. The van der Waals surface area contributed by atoms with Gasteiger partial charge in [0, 0.05) is 19.1 Å². The summed E-state index contributed by atoms with van der Waals surface area (Å²) in [5, 5.41) is 3.67. The lowest BCUT2D eigenvalue weighted by atomic mass is 9.74. The van der Waals surface area contributed by atoms with Gasteiger partial charge in [-0.15, -0.1) is 0 Å². The van der Waals surface area contributed by atoms with E-state index in [0.717, 1.165) is 24.9 Å². The molecule has 0 radical (unpaired) electrons. The van der Waals surface area contributed by atoms with Crippen LogP contribution in [-0.2, 0) is 4.79 Å². The molecule has 0 bridgehead atoms. The molecule has 0 aromatic rings. The fourth-order valence-electron chi connectivity index (χ4n) is 4.00. The molecule has 2 fully saturated rings. The maximum Gasteiger partial charge on any atom is 0.239 e. The molecule has 4 unspecified atom stereocenters. The molecule has 0 aromatic heterocycles. The molecule has 1 saturated heterocycles. The van der Waals surface area contributed by atoms with Crippen molar-refractivity contribution in [1.29, 1.82) is 0 Å². The van der Waals surface area contributed by atoms with Crippen LogP contribution in [0.2, 0.25) is 0 Å². The zero-order valence-corrected chi connectivity index (χ0v) is 13.7. The van der Waals surface area contributed by atoms with Gasteiger partial charge in [0.2, 0.25) is 5.91 Å². The minimum atomic E-state index is -0.0235. The number of rotatable bonds is 4. The van der Waals surface area contributed by atoms with Gasteiger partial charge in [-0.05, 0) is 50.4 Å². The van der Waals surface area contributed by atoms with Crippen LogP contribution in [0.25, 0.3) is 0 Å². The first-order valence-corrected chi connectivity index (χ1v) is 8.54. The van der Waals surface area contributed by atoms with E-state index in [4.69, 9.17) is 0 Å². The van der Waals surface area contributed by atoms with Crippen LogP contribution in [0.1, 0.15) is 59.8 Å². The van der Waals surface area contributed by atoms with Gasteiger partial charge in [-0.2, -0.15) is 0 Å². The quantitative estimate of drug-likeness (QED) is 0.858. The van der Waals surface area contributed by atoms with Gasteiger partial charge < -0.3 is 10.2 Å². The first-order valence-electron chi connectivity index (χ1n) is 8.54. The maximum absolute atomic E-state index is 12.4. The summed E-state index contributed by atoms with van der Waals surface area (Å²) in [6.45, 7) is 11.0. The van der Waals surface area contributed by atoms with Crippen molar-refractivity contribution in [3.05, 3.63) is 0 Å². The van der Waals surface area contributed by atoms with Crippen molar-refractivity contribution in [1.82, 2.24) is 10.2 Å². The first kappa shape index (κ1) is 15.8. The van der Waals surface area contributed by atoms with Crippen LogP contribution in [0.15, 0.2) is 0 Å². The van der Waals surface area contributed by atoms with Crippen molar-refractivity contribution in [2.45, 2.75) is 71.9 Å². The van der Waals surface area contributed by atoms with Gasteiger partial charge in [0.05, 0.1) is 6.04 Å². The lowest BCUT2D eigenvalue weighted by Gasteiger charge is -2.39. The Labute approximate surface area is 124 Å². The summed E-state index contributed by atoms with van der Waals surface area (Å²) in [6, 6.07) is 0.491. The zero-order valence-electron chi connectivity index (χ0n) is 13.7. The number of likely N-dealkylation sites (tertiary alicyclic amines) is 1. The maximum atomic E-state index is 12.4. The largest absolute Gasteiger partial charge is 0.341 e. The molecule has 2 aliphatic rings. The highest BCUT2D eigenvalue weighted by molar-refractivity contribution is 5.81. The SMILES string of the molecule is CC1CCC(C(C)C)C(NC(C)C(=O)N2CCCC2)C1. The molecule has 1 aliphatic carbocycles. The van der Waals surface area contributed by atoms with Crippen LogP contribution in [-0.4, -0.2) is 36.0 Å². The topological polar surface area (TPSA) is 32.3 Å². The fourth-order valence-corrected chi connectivity index (χ4v) is 4.00. The summed E-state index contributed by atoms with van der Waals surface area (Å²) >= 11 is 0. The van der Waals surface area contributed by atoms with Gasteiger partial charge in [-0.1, -0.05) is 27.2 Å². The molecule has 3 heteroatoms. The van der Waals surface area contributed by atoms with Gasteiger partial charge in [0.25, 0.3) is 0 Å². The van der Waals surface area contributed by atoms with Crippen LogP contribution in [0.5, 0.6) is 0 Å². The number of hydrogen-bond donors (Lipinski definition) is 1. The van der Waals surface area contributed by atoms with E-state index in [1.165, 1.54) is 32.1 Å². The Morgan fingerprint density at radius 1 is 1.15 bits per heavy atom. The Kier molecular flexibility index (Phi) is 5.48. The summed E-state index contributed by atoms with van der Waals surface area (Å²) in [6.07, 6.45) is 6.22. The van der Waals surface area contributed by atoms with Crippen molar-refractivity contribution in [3.8, 4) is 0 Å². The van der Waals surface area contributed by atoms with Crippen LogP contribution in [0.4, 0.5) is 0 Å². The summed E-state index contributed by atoms with van der Waals surface area (Å²) in [7, 11) is 0. The van der Waals surface area contributed by atoms with Gasteiger partial charge in [0.15, 0.2) is 0 Å². The number of carbonyl (C=O) groups is 1. The van der Waals surface area contributed by atoms with Crippen molar-refractivity contribution >= 4 is 5.91 Å². The zero-order chi connectivity index (χ0) is 14.7. The minimum absolute atomic E-state index is 0.0235. The fraction of sp³-hybridized carbons (Fsp3) is 0.941. The first-order chi connectivity index (χ1) is 9.49. The van der Waals surface area contributed by atoms with E-state index >= 15 is 0 Å². The number of amides is 1. The van der Waals surface area contributed by atoms with E-state index < -0.39 is 0 Å². The van der Waals surface area contributed by atoms with Crippen molar-refractivity contribution in [3.63, 3.8) is 0 Å². The smallest absolute Gasteiger partial charge is 0.239 e. The molecule has 116 valence electrons. The molecule has 1 heterocycles. The van der Waals surface area contributed by atoms with Crippen molar-refractivity contribution in [2.24, 2.45) is 17.8 Å². The van der Waals surface area contributed by atoms with E-state index in [0.29, 0.717) is 17.9 Å². The van der Waals surface area contributed by atoms with Gasteiger partial charge >= 0.3 is 0 Å². The molecule has 20 heavy (non-hydrogen) atoms. The summed E-state index contributed by atoms with van der Waals surface area (Å²) in [5.41, 5.74) is 0. The monoisotopic (exact) mass is 280 g/mol. The third kappa shape index (κ3) is 3.75. The average Bonchev–Trinajstić information content (AvgIpc) is 2.91. The van der Waals surface area contributed by atoms with Crippen LogP contribution >= 0.6 is 0 Å². The summed E-state index contributed by atoms with van der Waals surface area (Å²) in [4.78, 5) is 14.5. The predicted molar refractivity (Wildman–Crippen MR) is 83.5 cm³/mol. The summed E-state index contributed by atoms with van der Waals surface area (Å²) < 4.78 is 0. The Hall–Kier alpha value is -0.570. The van der Waals surface area contributed by atoms with Crippen LogP contribution in [0, 0.1) is 17.8 Å². The Morgan fingerprint density at radius 3 is 2.40 bits per heavy atom. The average molecular weight is 280 g/mol. The van der Waals surface area contributed by atoms with Crippen LogP contribution < -0.4 is 5.32 Å². The highest BCUT2D eigenvalue weighted by atomic mass is 16.2. The number of hydrogen-bond acceptors (Lipinski definition) is 2.